The summed E-state index contributed by atoms with van der Waals surface area (Å²) in [5, 5.41) is 5.51. The molecule has 6 rings (SSSR count). The highest BCUT2D eigenvalue weighted by atomic mass is 16.5. The van der Waals surface area contributed by atoms with Crippen LogP contribution in [-0.2, 0) is 16.0 Å². The third-order valence-electron chi connectivity index (χ3n) is 7.39. The number of ether oxygens (including phenoxy) is 1. The van der Waals surface area contributed by atoms with Crippen LogP contribution in [0.3, 0.4) is 0 Å². The number of hydrazine groups is 1. The lowest BCUT2D eigenvalue weighted by Gasteiger charge is -2.43. The van der Waals surface area contributed by atoms with E-state index in [9.17, 15) is 4.79 Å². The molecular weight excluding hydrogens is 376 g/mol. The summed E-state index contributed by atoms with van der Waals surface area (Å²) >= 11 is 0. The lowest BCUT2D eigenvalue weighted by molar-refractivity contribution is -0.168. The van der Waals surface area contributed by atoms with Crippen LogP contribution in [-0.4, -0.2) is 70.4 Å². The Morgan fingerprint density at radius 1 is 1.27 bits per heavy atom. The molecule has 0 saturated carbocycles. The average Bonchev–Trinajstić information content (AvgIpc) is 3.45. The molecule has 1 amide bonds. The minimum Gasteiger partial charge on any atom is -0.361 e. The number of rotatable bonds is 3. The normalized spacial score (nSPS) is 30.7. The predicted octanol–water partition coefficient (Wildman–Crippen LogP) is 3.01. The first-order valence-electron chi connectivity index (χ1n) is 11.3. The second-order valence-electron chi connectivity index (χ2n) is 9.62. The standard InChI is InChI=1S/C24H30N4O2/c1-14(2)28(27-13-17-7-8-22(27)30-17)24(29)16-9-19-18-5-4-6-20-23(18)15(11-25-20)10-21(19)26(3)12-16/h4-6,9,11,14,16-17,21-22,25H,7-8,10,12-13H2,1-3H3. The lowest BCUT2D eigenvalue weighted by atomic mass is 9.79. The SMILES string of the molecule is CC(C)N(C(=O)C1C=C2c3cccc4[nH]cc(c34)CC2N(C)C1)N1CC2CCC1O2. The number of carbonyl (C=O) groups is 1. The van der Waals surface area contributed by atoms with Crippen LogP contribution in [0.15, 0.2) is 30.5 Å². The Morgan fingerprint density at radius 2 is 2.13 bits per heavy atom. The molecule has 2 saturated heterocycles. The monoisotopic (exact) mass is 406 g/mol. The van der Waals surface area contributed by atoms with Crippen molar-refractivity contribution in [3.8, 4) is 0 Å². The number of nitrogens with one attached hydrogen (secondary N) is 1. The van der Waals surface area contributed by atoms with E-state index in [0.29, 0.717) is 6.04 Å². The van der Waals surface area contributed by atoms with E-state index in [2.05, 4.69) is 66.3 Å². The van der Waals surface area contributed by atoms with Gasteiger partial charge in [-0.15, -0.1) is 0 Å². The van der Waals surface area contributed by atoms with E-state index >= 15 is 0 Å². The van der Waals surface area contributed by atoms with Crippen LogP contribution in [0.5, 0.6) is 0 Å². The number of H-pyrrole nitrogens is 1. The van der Waals surface area contributed by atoms with Crippen LogP contribution in [0.2, 0.25) is 0 Å². The largest absolute Gasteiger partial charge is 0.361 e. The number of carbonyl (C=O) groups excluding carboxylic acids is 1. The maximum Gasteiger partial charge on any atom is 0.245 e. The molecule has 0 spiro atoms. The fourth-order valence-electron chi connectivity index (χ4n) is 6.05. The van der Waals surface area contributed by atoms with Gasteiger partial charge >= 0.3 is 0 Å². The molecule has 30 heavy (non-hydrogen) atoms. The molecule has 1 aromatic heterocycles. The van der Waals surface area contributed by atoms with Crippen LogP contribution in [0.4, 0.5) is 0 Å². The van der Waals surface area contributed by atoms with E-state index in [4.69, 9.17) is 4.74 Å². The number of aromatic nitrogens is 1. The highest BCUT2D eigenvalue weighted by Crippen LogP contribution is 2.41. The van der Waals surface area contributed by atoms with E-state index in [0.717, 1.165) is 32.4 Å². The molecule has 6 nitrogen and oxygen atoms in total. The maximum absolute atomic E-state index is 13.8. The first kappa shape index (κ1) is 18.6. The Bertz CT molecular complexity index is 1040. The molecular formula is C24H30N4O2. The number of hydrogen-bond donors (Lipinski definition) is 1. The van der Waals surface area contributed by atoms with Crippen molar-refractivity contribution in [1.29, 1.82) is 0 Å². The number of piperidine rings is 1. The second-order valence-corrected chi connectivity index (χ2v) is 9.62. The van der Waals surface area contributed by atoms with Crippen molar-refractivity contribution in [2.75, 3.05) is 20.1 Å². The van der Waals surface area contributed by atoms with Crippen molar-refractivity contribution < 1.29 is 9.53 Å². The smallest absolute Gasteiger partial charge is 0.245 e. The molecule has 1 aliphatic carbocycles. The van der Waals surface area contributed by atoms with Gasteiger partial charge < -0.3 is 9.72 Å². The summed E-state index contributed by atoms with van der Waals surface area (Å²) in [7, 11) is 2.16. The van der Waals surface area contributed by atoms with E-state index in [1.165, 1.54) is 27.6 Å². The summed E-state index contributed by atoms with van der Waals surface area (Å²) in [6.45, 7) is 5.82. The number of fused-ring (bicyclic) bond motifs is 4. The molecule has 2 aromatic rings. The van der Waals surface area contributed by atoms with Crippen LogP contribution in [0, 0.1) is 5.92 Å². The predicted molar refractivity (Wildman–Crippen MR) is 116 cm³/mol. The number of benzene rings is 1. The highest BCUT2D eigenvalue weighted by Gasteiger charge is 2.46. The van der Waals surface area contributed by atoms with Gasteiger partial charge in [0.1, 0.15) is 6.23 Å². The van der Waals surface area contributed by atoms with Crippen molar-refractivity contribution in [3.05, 3.63) is 41.6 Å². The molecule has 4 heterocycles. The van der Waals surface area contributed by atoms with Crippen molar-refractivity contribution in [2.24, 2.45) is 5.92 Å². The van der Waals surface area contributed by atoms with Gasteiger partial charge in [0, 0.05) is 42.3 Å². The first-order chi connectivity index (χ1) is 14.5. The number of amides is 1. The molecule has 0 radical (unpaired) electrons. The third kappa shape index (κ3) is 2.63. The van der Waals surface area contributed by atoms with Gasteiger partial charge in [-0.3, -0.25) is 14.7 Å². The summed E-state index contributed by atoms with van der Waals surface area (Å²) in [5.74, 6) is 0.0597. The quantitative estimate of drug-likeness (QED) is 0.851. The summed E-state index contributed by atoms with van der Waals surface area (Å²) in [5.41, 5.74) is 5.16. The Morgan fingerprint density at radius 3 is 2.87 bits per heavy atom. The summed E-state index contributed by atoms with van der Waals surface area (Å²) in [6.07, 6.45) is 7.90. The highest BCUT2D eigenvalue weighted by molar-refractivity contribution is 5.99. The van der Waals surface area contributed by atoms with Crippen molar-refractivity contribution >= 4 is 22.4 Å². The number of aromatic amines is 1. The summed E-state index contributed by atoms with van der Waals surface area (Å²) in [6, 6.07) is 6.92. The van der Waals surface area contributed by atoms with Crippen molar-refractivity contribution in [2.45, 2.75) is 57.5 Å². The van der Waals surface area contributed by atoms with Gasteiger partial charge in [0.15, 0.2) is 0 Å². The van der Waals surface area contributed by atoms with Gasteiger partial charge in [-0.2, -0.15) is 5.01 Å². The molecule has 1 N–H and O–H groups in total. The van der Waals surface area contributed by atoms with Crippen LogP contribution in [0.25, 0.3) is 16.5 Å². The minimum absolute atomic E-state index is 0.0638. The average molecular weight is 407 g/mol. The topological polar surface area (TPSA) is 51.8 Å². The number of hydrogen-bond acceptors (Lipinski definition) is 4. The van der Waals surface area contributed by atoms with Gasteiger partial charge in [-0.1, -0.05) is 18.2 Å². The first-order valence-corrected chi connectivity index (χ1v) is 11.3. The third-order valence-corrected chi connectivity index (χ3v) is 7.39. The number of nitrogens with zero attached hydrogens (tertiary/aromatic N) is 3. The maximum atomic E-state index is 13.8. The van der Waals surface area contributed by atoms with E-state index in [-0.39, 0.29) is 30.2 Å². The molecule has 1 aromatic carbocycles. The Balaban J connectivity index is 1.37. The molecule has 2 fully saturated rings. The zero-order valence-corrected chi connectivity index (χ0v) is 18.0. The molecule has 4 unspecified atom stereocenters. The van der Waals surface area contributed by atoms with E-state index in [1.54, 1.807) is 0 Å². The zero-order chi connectivity index (χ0) is 20.6. The Kier molecular flexibility index (Phi) is 4.14. The van der Waals surface area contributed by atoms with E-state index < -0.39 is 0 Å². The second kappa shape index (κ2) is 6.67. The van der Waals surface area contributed by atoms with Gasteiger partial charge in [-0.25, -0.2) is 0 Å². The van der Waals surface area contributed by atoms with E-state index in [1.807, 2.05) is 5.01 Å². The molecule has 4 atom stereocenters. The van der Waals surface area contributed by atoms with Gasteiger partial charge in [0.2, 0.25) is 5.91 Å². The van der Waals surface area contributed by atoms with Gasteiger partial charge in [0.05, 0.1) is 12.0 Å². The van der Waals surface area contributed by atoms with Crippen molar-refractivity contribution in [3.63, 3.8) is 0 Å². The molecule has 2 bridgehead atoms. The molecule has 4 aliphatic rings. The fraction of sp³-hybridized carbons (Fsp3) is 0.542. The molecule has 3 aliphatic heterocycles. The summed E-state index contributed by atoms with van der Waals surface area (Å²) < 4.78 is 6.03. The van der Waals surface area contributed by atoms with Crippen LogP contribution < -0.4 is 0 Å². The lowest BCUT2D eigenvalue weighted by Crippen LogP contribution is -2.57. The Hall–Kier alpha value is -2.15. The number of likely N-dealkylation sites (N-methyl/N-ethyl adjacent to an activating group) is 1. The zero-order valence-electron chi connectivity index (χ0n) is 18.0. The summed E-state index contributed by atoms with van der Waals surface area (Å²) in [4.78, 5) is 19.6. The Labute approximate surface area is 177 Å². The van der Waals surface area contributed by atoms with Gasteiger partial charge in [-0.05, 0) is 62.9 Å². The van der Waals surface area contributed by atoms with Crippen molar-refractivity contribution in [1.82, 2.24) is 19.9 Å². The molecule has 158 valence electrons. The molecule has 6 heteroatoms. The van der Waals surface area contributed by atoms with Gasteiger partial charge in [0.25, 0.3) is 0 Å². The van der Waals surface area contributed by atoms with Crippen LogP contribution in [0.1, 0.15) is 37.8 Å². The fourth-order valence-corrected chi connectivity index (χ4v) is 6.05. The van der Waals surface area contributed by atoms with Crippen LogP contribution >= 0.6 is 0 Å². The minimum atomic E-state index is -0.140.